The lowest BCUT2D eigenvalue weighted by molar-refractivity contribution is -0.137. The number of carbonyl (C=O) groups is 2. The van der Waals surface area contributed by atoms with Gasteiger partial charge in [0.2, 0.25) is 0 Å². The minimum atomic E-state index is -0.742. The second-order valence-corrected chi connectivity index (χ2v) is 9.89. The summed E-state index contributed by atoms with van der Waals surface area (Å²) in [6.45, 7) is 4.32. The number of phenolic OH excluding ortho intramolecular Hbond substituents is 1. The Morgan fingerprint density at radius 1 is 1.28 bits per heavy atom. The second-order valence-electron chi connectivity index (χ2n) is 9.89. The zero-order valence-electron chi connectivity index (χ0n) is 17.7. The fourth-order valence-corrected chi connectivity index (χ4v) is 6.97. The molecule has 0 aliphatic heterocycles. The Balaban J connectivity index is 1.63. The Hall–Kier alpha value is -1.84. The largest absolute Gasteiger partial charge is 0.508 e. The standard InChI is InChI=1S/C25H34O4/c1-3-5-16-12-20-15(13-21(16)26)8-9-19-18(20)10-11-25(2)22(27)14-17(24(19)25)6-4-7-23(28)29/h12-13,17-19,24,26H,3-11,14H2,1-2H3,(H,28,29)/t17-,18+,19-,24+,25-/m1/s1. The maximum absolute atomic E-state index is 13.0. The van der Waals surface area contributed by atoms with Crippen LogP contribution in [0.25, 0.3) is 0 Å². The lowest BCUT2D eigenvalue weighted by Gasteiger charge is -2.50. The van der Waals surface area contributed by atoms with E-state index in [0.717, 1.165) is 50.5 Å². The van der Waals surface area contributed by atoms with E-state index < -0.39 is 5.97 Å². The monoisotopic (exact) mass is 398 g/mol. The second kappa shape index (κ2) is 7.77. The summed E-state index contributed by atoms with van der Waals surface area (Å²) in [5.74, 6) is 1.78. The molecule has 158 valence electrons. The van der Waals surface area contributed by atoms with Crippen LogP contribution in [0.1, 0.15) is 87.8 Å². The maximum atomic E-state index is 13.0. The first-order valence-corrected chi connectivity index (χ1v) is 11.4. The van der Waals surface area contributed by atoms with E-state index >= 15 is 0 Å². The van der Waals surface area contributed by atoms with E-state index in [1.165, 1.54) is 11.1 Å². The fourth-order valence-electron chi connectivity index (χ4n) is 6.97. The minimum Gasteiger partial charge on any atom is -0.508 e. The van der Waals surface area contributed by atoms with E-state index in [1.807, 2.05) is 6.07 Å². The van der Waals surface area contributed by atoms with E-state index in [-0.39, 0.29) is 11.8 Å². The van der Waals surface area contributed by atoms with Gasteiger partial charge in [0.15, 0.2) is 0 Å². The third kappa shape index (κ3) is 3.49. The molecule has 0 heterocycles. The zero-order valence-corrected chi connectivity index (χ0v) is 17.7. The van der Waals surface area contributed by atoms with Crippen LogP contribution in [0.3, 0.4) is 0 Å². The van der Waals surface area contributed by atoms with Gasteiger partial charge in [-0.15, -0.1) is 0 Å². The van der Waals surface area contributed by atoms with Crippen molar-refractivity contribution in [3.8, 4) is 5.75 Å². The Morgan fingerprint density at radius 2 is 2.07 bits per heavy atom. The molecule has 2 N–H and O–H groups in total. The predicted octanol–water partition coefficient (Wildman–Crippen LogP) is 5.25. The molecule has 3 aliphatic carbocycles. The van der Waals surface area contributed by atoms with E-state index in [4.69, 9.17) is 5.11 Å². The van der Waals surface area contributed by atoms with Crippen LogP contribution in [-0.4, -0.2) is 22.0 Å². The first-order valence-electron chi connectivity index (χ1n) is 11.4. The molecule has 2 fully saturated rings. The molecule has 0 bridgehead atoms. The van der Waals surface area contributed by atoms with Gasteiger partial charge in [-0.25, -0.2) is 0 Å². The molecule has 4 nitrogen and oxygen atoms in total. The van der Waals surface area contributed by atoms with Crippen molar-refractivity contribution in [3.63, 3.8) is 0 Å². The molecule has 4 heteroatoms. The number of Topliss-reactive ketones (excluding diaryl/α,β-unsaturated/α-hetero) is 1. The molecule has 1 aromatic rings. The third-order valence-electron chi connectivity index (χ3n) is 8.25. The summed E-state index contributed by atoms with van der Waals surface area (Å²) in [6.07, 6.45) is 8.30. The number of aliphatic carboxylic acids is 1. The SMILES string of the molecule is CCCc1cc2c(cc1O)CC[C@H]1[C@@H]3[C@H](CCCC(=O)O)CC(=O)[C@@]3(C)CC[C@H]21. The third-order valence-corrected chi connectivity index (χ3v) is 8.25. The number of hydrogen-bond acceptors (Lipinski definition) is 3. The number of rotatable bonds is 6. The molecule has 2 saturated carbocycles. The van der Waals surface area contributed by atoms with Gasteiger partial charge < -0.3 is 10.2 Å². The summed E-state index contributed by atoms with van der Waals surface area (Å²) in [4.78, 5) is 24.0. The molecular formula is C25H34O4. The van der Waals surface area contributed by atoms with Gasteiger partial charge in [0.25, 0.3) is 0 Å². The van der Waals surface area contributed by atoms with Crippen LogP contribution >= 0.6 is 0 Å². The van der Waals surface area contributed by atoms with Gasteiger partial charge >= 0.3 is 5.97 Å². The number of fused-ring (bicyclic) bond motifs is 5. The molecule has 1 aromatic carbocycles. The normalized spacial score (nSPS) is 33.1. The first-order chi connectivity index (χ1) is 13.8. The zero-order chi connectivity index (χ0) is 20.8. The molecular weight excluding hydrogens is 364 g/mol. The molecule has 0 spiro atoms. The number of aromatic hydroxyl groups is 1. The van der Waals surface area contributed by atoms with Crippen LogP contribution in [0.15, 0.2) is 12.1 Å². The number of ketones is 1. The fraction of sp³-hybridized carbons (Fsp3) is 0.680. The number of carbonyl (C=O) groups excluding carboxylic acids is 1. The van der Waals surface area contributed by atoms with Crippen LogP contribution in [0.4, 0.5) is 0 Å². The first kappa shape index (κ1) is 20.4. The van der Waals surface area contributed by atoms with Gasteiger partial charge in [-0.2, -0.15) is 0 Å². The van der Waals surface area contributed by atoms with Crippen LogP contribution in [-0.2, 0) is 22.4 Å². The number of phenols is 1. The van der Waals surface area contributed by atoms with Crippen molar-refractivity contribution in [2.24, 2.45) is 23.2 Å². The predicted molar refractivity (Wildman–Crippen MR) is 112 cm³/mol. The Morgan fingerprint density at radius 3 is 2.79 bits per heavy atom. The summed E-state index contributed by atoms with van der Waals surface area (Å²) >= 11 is 0. The maximum Gasteiger partial charge on any atom is 0.303 e. The van der Waals surface area contributed by atoms with Crippen molar-refractivity contribution in [2.45, 2.75) is 84.0 Å². The molecule has 5 atom stereocenters. The Kier molecular flexibility index (Phi) is 5.48. The van der Waals surface area contributed by atoms with Crippen molar-refractivity contribution in [1.29, 1.82) is 0 Å². The van der Waals surface area contributed by atoms with E-state index in [0.29, 0.717) is 48.0 Å². The quantitative estimate of drug-likeness (QED) is 0.686. The van der Waals surface area contributed by atoms with Gasteiger partial charge in [0.1, 0.15) is 11.5 Å². The number of benzene rings is 1. The molecule has 4 rings (SSSR count). The van der Waals surface area contributed by atoms with Crippen LogP contribution < -0.4 is 0 Å². The van der Waals surface area contributed by atoms with Gasteiger partial charge in [-0.1, -0.05) is 26.3 Å². The van der Waals surface area contributed by atoms with Crippen LogP contribution in [0.2, 0.25) is 0 Å². The highest BCUT2D eigenvalue weighted by molar-refractivity contribution is 5.87. The molecule has 3 aliphatic rings. The van der Waals surface area contributed by atoms with E-state index in [9.17, 15) is 14.7 Å². The average Bonchev–Trinajstić information content (AvgIpc) is 2.92. The van der Waals surface area contributed by atoms with Gasteiger partial charge in [0, 0.05) is 18.3 Å². The topological polar surface area (TPSA) is 74.6 Å². The van der Waals surface area contributed by atoms with Gasteiger partial charge in [-0.3, -0.25) is 9.59 Å². The number of carboxylic acids is 1. The van der Waals surface area contributed by atoms with Crippen molar-refractivity contribution in [3.05, 3.63) is 28.8 Å². The van der Waals surface area contributed by atoms with E-state index in [1.54, 1.807) is 0 Å². The lowest BCUT2D eigenvalue weighted by atomic mass is 9.54. The Labute approximate surface area is 173 Å². The van der Waals surface area contributed by atoms with Crippen LogP contribution in [0.5, 0.6) is 5.75 Å². The number of hydrogen-bond donors (Lipinski definition) is 2. The highest BCUT2D eigenvalue weighted by atomic mass is 16.4. The highest BCUT2D eigenvalue weighted by Crippen LogP contribution is 2.62. The number of aryl methyl sites for hydroxylation is 2. The molecule has 0 unspecified atom stereocenters. The van der Waals surface area contributed by atoms with Crippen molar-refractivity contribution >= 4 is 11.8 Å². The molecule has 29 heavy (non-hydrogen) atoms. The minimum absolute atomic E-state index is 0.199. The summed E-state index contributed by atoms with van der Waals surface area (Å²) in [5.41, 5.74) is 3.53. The molecule has 0 radical (unpaired) electrons. The van der Waals surface area contributed by atoms with Crippen molar-refractivity contribution < 1.29 is 19.8 Å². The molecule has 0 amide bonds. The number of carboxylic acid groups (broad SMARTS) is 1. The van der Waals surface area contributed by atoms with Crippen molar-refractivity contribution in [1.82, 2.24) is 0 Å². The smallest absolute Gasteiger partial charge is 0.303 e. The lowest BCUT2D eigenvalue weighted by Crippen LogP contribution is -2.44. The highest BCUT2D eigenvalue weighted by Gasteiger charge is 2.58. The van der Waals surface area contributed by atoms with Crippen LogP contribution in [0, 0.1) is 23.2 Å². The summed E-state index contributed by atoms with van der Waals surface area (Å²) < 4.78 is 0. The van der Waals surface area contributed by atoms with Gasteiger partial charge in [0.05, 0.1) is 0 Å². The summed E-state index contributed by atoms with van der Waals surface area (Å²) in [5, 5.41) is 19.4. The molecule has 0 aromatic heterocycles. The summed E-state index contributed by atoms with van der Waals surface area (Å²) in [7, 11) is 0. The summed E-state index contributed by atoms with van der Waals surface area (Å²) in [6, 6.07) is 4.25. The van der Waals surface area contributed by atoms with E-state index in [2.05, 4.69) is 19.9 Å². The molecule has 0 saturated heterocycles. The average molecular weight is 399 g/mol. The Bertz CT molecular complexity index is 813. The van der Waals surface area contributed by atoms with Gasteiger partial charge in [-0.05, 0) is 91.4 Å². The van der Waals surface area contributed by atoms with Crippen molar-refractivity contribution in [2.75, 3.05) is 0 Å².